The molecular formula is C13H10F4N2O. The maximum absolute atomic E-state index is 13.6. The summed E-state index contributed by atoms with van der Waals surface area (Å²) in [5, 5.41) is 0. The van der Waals surface area contributed by atoms with Crippen molar-refractivity contribution in [3.8, 4) is 5.75 Å². The van der Waals surface area contributed by atoms with E-state index in [4.69, 9.17) is 0 Å². The molecule has 0 aliphatic rings. The van der Waals surface area contributed by atoms with E-state index in [-0.39, 0.29) is 22.5 Å². The Bertz CT molecular complexity index is 658. The number of halogens is 4. The Balaban J connectivity index is 2.54. The summed E-state index contributed by atoms with van der Waals surface area (Å²) in [6.45, 7) is 1.45. The number of alkyl halides is 4. The summed E-state index contributed by atoms with van der Waals surface area (Å²) in [6, 6.07) is 3.73. The smallest absolute Gasteiger partial charge is 0.387 e. The molecule has 20 heavy (non-hydrogen) atoms. The standard InChI is InChI=1S/C13H10F4N2O/c1-3-13(16,17)11-7(2)18-10-6-8(20-12(14)15)4-5-9(10)19-11/h3-6,12H,1H2,2H3. The predicted molar refractivity (Wildman–Crippen MR) is 65.0 cm³/mol. The minimum atomic E-state index is -3.30. The Kier molecular flexibility index (Phi) is 3.61. The number of hydrogen-bond acceptors (Lipinski definition) is 3. The van der Waals surface area contributed by atoms with Crippen molar-refractivity contribution in [2.24, 2.45) is 0 Å². The molecule has 0 saturated carbocycles. The number of fused-ring (bicyclic) bond motifs is 1. The van der Waals surface area contributed by atoms with Crippen LogP contribution in [-0.4, -0.2) is 16.6 Å². The lowest BCUT2D eigenvalue weighted by molar-refractivity contribution is -0.0497. The lowest BCUT2D eigenvalue weighted by atomic mass is 10.1. The fraction of sp³-hybridized carbons (Fsp3) is 0.231. The summed E-state index contributed by atoms with van der Waals surface area (Å²) in [6.07, 6.45) is 0.476. The lowest BCUT2D eigenvalue weighted by Crippen LogP contribution is -2.15. The van der Waals surface area contributed by atoms with Crippen LogP contribution in [0.25, 0.3) is 11.0 Å². The maximum Gasteiger partial charge on any atom is 0.387 e. The molecular weight excluding hydrogens is 276 g/mol. The van der Waals surface area contributed by atoms with Crippen LogP contribution in [0.3, 0.4) is 0 Å². The molecule has 0 spiro atoms. The minimum absolute atomic E-state index is 0.00315. The number of rotatable bonds is 4. The molecule has 0 bridgehead atoms. The topological polar surface area (TPSA) is 35.0 Å². The van der Waals surface area contributed by atoms with E-state index >= 15 is 0 Å². The molecule has 0 saturated heterocycles. The van der Waals surface area contributed by atoms with Crippen LogP contribution in [0, 0.1) is 6.92 Å². The number of hydrogen-bond donors (Lipinski definition) is 0. The second-order valence-electron chi connectivity index (χ2n) is 4.01. The Morgan fingerprint density at radius 1 is 1.25 bits per heavy atom. The van der Waals surface area contributed by atoms with Crippen LogP contribution in [0.5, 0.6) is 5.75 Å². The molecule has 2 aromatic rings. The molecule has 106 valence electrons. The first-order chi connectivity index (χ1) is 9.33. The van der Waals surface area contributed by atoms with Crippen molar-refractivity contribution in [3.05, 3.63) is 42.2 Å². The maximum atomic E-state index is 13.6. The van der Waals surface area contributed by atoms with Gasteiger partial charge in [0, 0.05) is 6.07 Å². The fourth-order valence-electron chi connectivity index (χ4n) is 1.71. The largest absolute Gasteiger partial charge is 0.435 e. The zero-order valence-corrected chi connectivity index (χ0v) is 10.4. The van der Waals surface area contributed by atoms with Crippen LogP contribution in [0.2, 0.25) is 0 Å². The highest BCUT2D eigenvalue weighted by Gasteiger charge is 2.32. The Hall–Kier alpha value is -2.18. The Labute approximate surface area is 111 Å². The van der Waals surface area contributed by atoms with E-state index in [2.05, 4.69) is 21.3 Å². The van der Waals surface area contributed by atoms with E-state index in [1.807, 2.05) is 0 Å². The number of aryl methyl sites for hydroxylation is 1. The van der Waals surface area contributed by atoms with Crippen molar-refractivity contribution in [1.29, 1.82) is 0 Å². The molecule has 3 nitrogen and oxygen atoms in total. The first-order valence-corrected chi connectivity index (χ1v) is 5.58. The van der Waals surface area contributed by atoms with Gasteiger partial charge in [0.25, 0.3) is 0 Å². The second-order valence-corrected chi connectivity index (χ2v) is 4.01. The number of aromatic nitrogens is 2. The molecule has 1 aromatic carbocycles. The Morgan fingerprint density at radius 2 is 1.95 bits per heavy atom. The van der Waals surface area contributed by atoms with Gasteiger partial charge in [0.2, 0.25) is 0 Å². The van der Waals surface area contributed by atoms with Crippen molar-refractivity contribution < 1.29 is 22.3 Å². The van der Waals surface area contributed by atoms with Gasteiger partial charge in [-0.1, -0.05) is 6.58 Å². The molecule has 2 rings (SSSR count). The van der Waals surface area contributed by atoms with Crippen LogP contribution in [0.15, 0.2) is 30.9 Å². The monoisotopic (exact) mass is 286 g/mol. The normalized spacial score (nSPS) is 11.9. The van der Waals surface area contributed by atoms with Crippen LogP contribution in [-0.2, 0) is 5.92 Å². The minimum Gasteiger partial charge on any atom is -0.435 e. The molecule has 0 radical (unpaired) electrons. The van der Waals surface area contributed by atoms with Crippen LogP contribution >= 0.6 is 0 Å². The van der Waals surface area contributed by atoms with Gasteiger partial charge in [-0.05, 0) is 25.1 Å². The number of nitrogens with zero attached hydrogens (tertiary/aromatic N) is 2. The van der Waals surface area contributed by atoms with Gasteiger partial charge in [-0.3, -0.25) is 0 Å². The molecule has 0 unspecified atom stereocenters. The third-order valence-electron chi connectivity index (χ3n) is 2.61. The fourth-order valence-corrected chi connectivity index (χ4v) is 1.71. The van der Waals surface area contributed by atoms with E-state index in [9.17, 15) is 17.6 Å². The van der Waals surface area contributed by atoms with Crippen molar-refractivity contribution in [3.63, 3.8) is 0 Å². The highest BCUT2D eigenvalue weighted by molar-refractivity contribution is 5.76. The lowest BCUT2D eigenvalue weighted by Gasteiger charge is -2.14. The summed E-state index contributed by atoms with van der Waals surface area (Å²) in [7, 11) is 0. The summed E-state index contributed by atoms with van der Waals surface area (Å²) in [5.41, 5.74) is -0.155. The van der Waals surface area contributed by atoms with Crippen LogP contribution in [0.1, 0.15) is 11.4 Å². The number of benzene rings is 1. The molecule has 0 N–H and O–H groups in total. The SMILES string of the molecule is C=CC(F)(F)c1nc2ccc(OC(F)F)cc2nc1C. The predicted octanol–water partition coefficient (Wildman–Crippen LogP) is 3.82. The molecule has 1 aromatic heterocycles. The third kappa shape index (κ3) is 2.71. The molecule has 0 aliphatic carbocycles. The molecule has 0 aliphatic heterocycles. The van der Waals surface area contributed by atoms with Crippen molar-refractivity contribution in [2.75, 3.05) is 0 Å². The number of allylic oxidation sites excluding steroid dienone is 1. The van der Waals surface area contributed by atoms with Gasteiger partial charge in [0.05, 0.1) is 16.7 Å². The average molecular weight is 286 g/mol. The summed E-state index contributed by atoms with van der Waals surface area (Å²) < 4.78 is 55.6. The van der Waals surface area contributed by atoms with Gasteiger partial charge in [0.15, 0.2) is 0 Å². The highest BCUT2D eigenvalue weighted by atomic mass is 19.3. The van der Waals surface area contributed by atoms with E-state index in [1.165, 1.54) is 25.1 Å². The van der Waals surface area contributed by atoms with Crippen molar-refractivity contribution in [1.82, 2.24) is 9.97 Å². The van der Waals surface area contributed by atoms with Gasteiger partial charge in [-0.15, -0.1) is 0 Å². The van der Waals surface area contributed by atoms with Gasteiger partial charge in [-0.2, -0.15) is 17.6 Å². The van der Waals surface area contributed by atoms with Gasteiger partial charge in [-0.25, -0.2) is 9.97 Å². The first kappa shape index (κ1) is 14.2. The van der Waals surface area contributed by atoms with E-state index in [0.29, 0.717) is 6.08 Å². The van der Waals surface area contributed by atoms with E-state index < -0.39 is 18.2 Å². The molecule has 7 heteroatoms. The second kappa shape index (κ2) is 5.07. The average Bonchev–Trinajstić information content (AvgIpc) is 2.36. The van der Waals surface area contributed by atoms with E-state index in [0.717, 1.165) is 0 Å². The van der Waals surface area contributed by atoms with Crippen LogP contribution < -0.4 is 4.74 Å². The summed E-state index contributed by atoms with van der Waals surface area (Å²) in [4.78, 5) is 7.75. The molecule has 1 heterocycles. The molecule has 0 fully saturated rings. The number of ether oxygens (including phenoxy) is 1. The Morgan fingerprint density at radius 3 is 2.55 bits per heavy atom. The summed E-state index contributed by atoms with van der Waals surface area (Å²) >= 11 is 0. The van der Waals surface area contributed by atoms with Crippen LogP contribution in [0.4, 0.5) is 17.6 Å². The molecule has 0 atom stereocenters. The zero-order chi connectivity index (χ0) is 14.9. The van der Waals surface area contributed by atoms with Gasteiger partial charge >= 0.3 is 12.5 Å². The third-order valence-corrected chi connectivity index (χ3v) is 2.61. The first-order valence-electron chi connectivity index (χ1n) is 5.58. The van der Waals surface area contributed by atoms with Gasteiger partial charge in [0.1, 0.15) is 11.4 Å². The summed E-state index contributed by atoms with van der Waals surface area (Å²) in [5.74, 6) is -3.41. The quantitative estimate of drug-likeness (QED) is 0.633. The van der Waals surface area contributed by atoms with E-state index in [1.54, 1.807) is 0 Å². The zero-order valence-electron chi connectivity index (χ0n) is 10.4. The highest BCUT2D eigenvalue weighted by Crippen LogP contribution is 2.31. The molecule has 0 amide bonds. The van der Waals surface area contributed by atoms with Crippen molar-refractivity contribution in [2.45, 2.75) is 19.5 Å². The van der Waals surface area contributed by atoms with Crippen molar-refractivity contribution >= 4 is 11.0 Å². The van der Waals surface area contributed by atoms with Gasteiger partial charge < -0.3 is 4.74 Å².